The Kier molecular flexibility index (Phi) is 3.79. The normalized spacial score (nSPS) is 11.0. The van der Waals surface area contributed by atoms with Crippen LogP contribution in [0.5, 0.6) is 0 Å². The van der Waals surface area contributed by atoms with Crippen LogP contribution in [-0.2, 0) is 0 Å². The number of rotatable bonds is 2. The lowest BCUT2D eigenvalue weighted by Crippen LogP contribution is -1.90. The molecule has 2 heterocycles. The van der Waals surface area contributed by atoms with Gasteiger partial charge in [0.25, 0.3) is 0 Å². The first kappa shape index (κ1) is 14.7. The molecule has 2 aromatic heterocycles. The van der Waals surface area contributed by atoms with Gasteiger partial charge in [-0.15, -0.1) is 0 Å². The Morgan fingerprint density at radius 2 is 1.57 bits per heavy atom. The van der Waals surface area contributed by atoms with E-state index >= 15 is 0 Å². The molecule has 4 heteroatoms. The van der Waals surface area contributed by atoms with Crippen molar-refractivity contribution < 1.29 is 0 Å². The minimum Gasteiger partial charge on any atom is -0.324 e. The summed E-state index contributed by atoms with van der Waals surface area (Å²) in [5.41, 5.74) is 4.20. The number of halogens is 2. The maximum absolute atomic E-state index is 4.80. The average Bonchev–Trinajstić information content (AvgIpc) is 3.09. The van der Waals surface area contributed by atoms with Gasteiger partial charge in [-0.2, -0.15) is 0 Å². The van der Waals surface area contributed by atoms with Gasteiger partial charge in [0.15, 0.2) is 0 Å². The van der Waals surface area contributed by atoms with E-state index in [-0.39, 0.29) is 0 Å². The molecule has 0 aliphatic carbocycles. The fraction of sp³-hybridized carbons (Fsp3) is 0. The molecule has 0 aliphatic heterocycles. The van der Waals surface area contributed by atoms with Gasteiger partial charge in [0.1, 0.15) is 0 Å². The number of aromatic nitrogens is 2. The van der Waals surface area contributed by atoms with Crippen molar-refractivity contribution >= 4 is 42.8 Å². The summed E-state index contributed by atoms with van der Waals surface area (Å²) in [6.45, 7) is 0. The second kappa shape index (κ2) is 5.95. The van der Waals surface area contributed by atoms with Crippen molar-refractivity contribution in [3.8, 4) is 16.9 Å². The molecule has 0 amide bonds. The molecule has 0 unspecified atom stereocenters. The van der Waals surface area contributed by atoms with Crippen LogP contribution in [-0.4, -0.2) is 9.55 Å². The Balaban J connectivity index is 1.77. The minimum atomic E-state index is 0.972. The molecule has 0 atom stereocenters. The summed E-state index contributed by atoms with van der Waals surface area (Å²) in [4.78, 5) is 4.80. The zero-order valence-corrected chi connectivity index (χ0v) is 15.3. The molecule has 4 rings (SSSR count). The average molecular weight is 428 g/mol. The molecule has 0 aliphatic rings. The van der Waals surface area contributed by atoms with E-state index < -0.39 is 0 Å². The molecule has 23 heavy (non-hydrogen) atoms. The topological polar surface area (TPSA) is 17.8 Å². The molecule has 0 saturated heterocycles. The summed E-state index contributed by atoms with van der Waals surface area (Å²) >= 11 is 7.11. The maximum Gasteiger partial charge on any atom is 0.0852 e. The lowest BCUT2D eigenvalue weighted by molar-refractivity contribution is 1.08. The lowest BCUT2D eigenvalue weighted by atomic mass is 10.1. The maximum atomic E-state index is 4.80. The fourth-order valence-electron chi connectivity index (χ4n) is 2.63. The summed E-state index contributed by atoms with van der Waals surface area (Å²) in [6, 6.07) is 20.7. The molecule has 0 fully saturated rings. The van der Waals surface area contributed by atoms with Gasteiger partial charge in [0.2, 0.25) is 0 Å². The number of fused-ring (bicyclic) bond motifs is 1. The second-order valence-electron chi connectivity index (χ2n) is 5.29. The molecule has 2 nitrogen and oxygen atoms in total. The molecular weight excluding hydrogens is 416 g/mol. The van der Waals surface area contributed by atoms with E-state index in [4.69, 9.17) is 4.98 Å². The SMILES string of the molecule is Brc1cc(Br)c2nc(-c3ccc(-n4cccc4)cc3)ccc2c1. The summed E-state index contributed by atoms with van der Waals surface area (Å²) < 4.78 is 4.13. The van der Waals surface area contributed by atoms with Gasteiger partial charge in [-0.05, 0) is 58.4 Å². The Morgan fingerprint density at radius 1 is 0.826 bits per heavy atom. The van der Waals surface area contributed by atoms with E-state index in [1.165, 1.54) is 0 Å². The van der Waals surface area contributed by atoms with Crippen LogP contribution in [0.25, 0.3) is 27.8 Å². The highest BCUT2D eigenvalue weighted by molar-refractivity contribution is 9.11. The predicted octanol–water partition coefficient (Wildman–Crippen LogP) is 6.22. The molecule has 0 bridgehead atoms. The van der Waals surface area contributed by atoms with Gasteiger partial charge >= 0.3 is 0 Å². The standard InChI is InChI=1S/C19H12Br2N2/c20-15-11-14-5-8-18(22-19(14)17(21)12-15)13-3-6-16(7-4-13)23-9-1-2-10-23/h1-12H. The van der Waals surface area contributed by atoms with Gasteiger partial charge in [-0.25, -0.2) is 4.98 Å². The zero-order valence-electron chi connectivity index (χ0n) is 12.1. The fourth-order valence-corrected chi connectivity index (χ4v) is 3.98. The first-order chi connectivity index (χ1) is 11.2. The lowest BCUT2D eigenvalue weighted by Gasteiger charge is -2.07. The number of pyridine rings is 1. The van der Waals surface area contributed by atoms with Crippen LogP contribution in [0.4, 0.5) is 0 Å². The van der Waals surface area contributed by atoms with E-state index in [9.17, 15) is 0 Å². The Morgan fingerprint density at radius 3 is 2.30 bits per heavy atom. The Hall–Kier alpha value is -1.91. The van der Waals surface area contributed by atoms with Gasteiger partial charge in [-0.1, -0.05) is 34.1 Å². The molecule has 2 aromatic carbocycles. The van der Waals surface area contributed by atoms with Gasteiger partial charge < -0.3 is 4.57 Å². The summed E-state index contributed by atoms with van der Waals surface area (Å²) in [5.74, 6) is 0. The Labute approximate surface area is 151 Å². The monoisotopic (exact) mass is 426 g/mol. The quantitative estimate of drug-likeness (QED) is 0.371. The number of hydrogen-bond donors (Lipinski definition) is 0. The van der Waals surface area contributed by atoms with Crippen molar-refractivity contribution in [3.63, 3.8) is 0 Å². The van der Waals surface area contributed by atoms with E-state index in [0.29, 0.717) is 0 Å². The van der Waals surface area contributed by atoms with Crippen LogP contribution in [0.15, 0.2) is 82.0 Å². The van der Waals surface area contributed by atoms with Crippen LogP contribution in [0.3, 0.4) is 0 Å². The third-order valence-corrected chi connectivity index (χ3v) is 4.84. The molecule has 4 aromatic rings. The number of hydrogen-bond acceptors (Lipinski definition) is 1. The van der Waals surface area contributed by atoms with E-state index in [0.717, 1.165) is 36.8 Å². The van der Waals surface area contributed by atoms with Crippen LogP contribution >= 0.6 is 31.9 Å². The van der Waals surface area contributed by atoms with Crippen LogP contribution in [0, 0.1) is 0 Å². The highest BCUT2D eigenvalue weighted by atomic mass is 79.9. The minimum absolute atomic E-state index is 0.972. The first-order valence-corrected chi connectivity index (χ1v) is 8.79. The third-order valence-electron chi connectivity index (χ3n) is 3.78. The third kappa shape index (κ3) is 2.84. The zero-order chi connectivity index (χ0) is 15.8. The molecule has 0 N–H and O–H groups in total. The van der Waals surface area contributed by atoms with Crippen molar-refractivity contribution in [2.45, 2.75) is 0 Å². The van der Waals surface area contributed by atoms with Crippen molar-refractivity contribution in [1.29, 1.82) is 0 Å². The van der Waals surface area contributed by atoms with Crippen LogP contribution < -0.4 is 0 Å². The van der Waals surface area contributed by atoms with Crippen molar-refractivity contribution in [2.75, 3.05) is 0 Å². The summed E-state index contributed by atoms with van der Waals surface area (Å²) in [7, 11) is 0. The van der Waals surface area contributed by atoms with E-state index in [2.05, 4.69) is 78.9 Å². The molecule has 112 valence electrons. The van der Waals surface area contributed by atoms with Crippen molar-refractivity contribution in [1.82, 2.24) is 9.55 Å². The number of nitrogens with zero attached hydrogens (tertiary/aromatic N) is 2. The molecule has 0 radical (unpaired) electrons. The Bertz CT molecular complexity index is 974. The molecule has 0 saturated carbocycles. The van der Waals surface area contributed by atoms with Gasteiger partial charge in [0, 0.05) is 38.0 Å². The predicted molar refractivity (Wildman–Crippen MR) is 102 cm³/mol. The molecule has 0 spiro atoms. The smallest absolute Gasteiger partial charge is 0.0852 e. The summed E-state index contributed by atoms with van der Waals surface area (Å²) in [5, 5.41) is 1.11. The van der Waals surface area contributed by atoms with Crippen molar-refractivity contribution in [3.05, 3.63) is 82.0 Å². The second-order valence-corrected chi connectivity index (χ2v) is 7.06. The van der Waals surface area contributed by atoms with Crippen LogP contribution in [0.1, 0.15) is 0 Å². The van der Waals surface area contributed by atoms with E-state index in [1.807, 2.05) is 30.6 Å². The number of benzene rings is 2. The summed E-state index contributed by atoms with van der Waals surface area (Å²) in [6.07, 6.45) is 4.08. The van der Waals surface area contributed by atoms with Gasteiger partial charge in [0.05, 0.1) is 11.2 Å². The van der Waals surface area contributed by atoms with Gasteiger partial charge in [-0.3, -0.25) is 0 Å². The highest BCUT2D eigenvalue weighted by Gasteiger charge is 2.06. The van der Waals surface area contributed by atoms with Crippen LogP contribution in [0.2, 0.25) is 0 Å². The van der Waals surface area contributed by atoms with E-state index in [1.54, 1.807) is 0 Å². The first-order valence-electron chi connectivity index (χ1n) is 7.20. The van der Waals surface area contributed by atoms with Crippen molar-refractivity contribution in [2.24, 2.45) is 0 Å². The largest absolute Gasteiger partial charge is 0.324 e. The molecular formula is C19H12Br2N2. The highest BCUT2D eigenvalue weighted by Crippen LogP contribution is 2.29.